The average molecular weight is 156 g/mol. The van der Waals surface area contributed by atoms with Crippen molar-refractivity contribution in [3.05, 3.63) is 24.0 Å². The molecule has 0 aromatic carbocycles. The van der Waals surface area contributed by atoms with Gasteiger partial charge in [-0.1, -0.05) is 12.2 Å². The van der Waals surface area contributed by atoms with Crippen molar-refractivity contribution < 1.29 is 10.4 Å². The summed E-state index contributed by atoms with van der Waals surface area (Å²) in [5, 5.41) is 16.6. The van der Waals surface area contributed by atoms with E-state index in [-0.39, 0.29) is 10.9 Å². The van der Waals surface area contributed by atoms with Crippen LogP contribution in [0.1, 0.15) is 13.8 Å². The monoisotopic (exact) mass is 156 g/mol. The number of hydrogen-bond acceptors (Lipinski definition) is 4. The van der Waals surface area contributed by atoms with Crippen molar-refractivity contribution in [3.8, 4) is 0 Å². The fourth-order valence-corrected chi connectivity index (χ4v) is 0.324. The lowest BCUT2D eigenvalue weighted by Gasteiger charge is -2.04. The summed E-state index contributed by atoms with van der Waals surface area (Å²) in [6.07, 6.45) is 2.84. The van der Waals surface area contributed by atoms with Gasteiger partial charge in [0.1, 0.15) is 5.70 Å². The molecule has 0 atom stereocenters. The molecule has 0 aliphatic heterocycles. The summed E-state index contributed by atoms with van der Waals surface area (Å²) in [5.41, 5.74) is 1.04. The first-order valence-electron chi connectivity index (χ1n) is 3.07. The summed E-state index contributed by atoms with van der Waals surface area (Å²) in [5.74, 6) is 0. The topological polar surface area (TPSA) is 56.1 Å². The van der Waals surface area contributed by atoms with Crippen LogP contribution < -0.4 is 0 Å². The van der Waals surface area contributed by atoms with Gasteiger partial charge in [-0.15, -0.1) is 5.23 Å². The Hall–Kier alpha value is -1.13. The number of hydrogen-bond donors (Lipinski definition) is 2. The summed E-state index contributed by atoms with van der Waals surface area (Å²) in [7, 11) is 0. The number of rotatable bonds is 3. The summed E-state index contributed by atoms with van der Waals surface area (Å²) in [6.45, 7) is 7.07. The fourth-order valence-electron chi connectivity index (χ4n) is 0.324. The molecule has 0 aliphatic carbocycles. The highest BCUT2D eigenvalue weighted by molar-refractivity contribution is 5.76. The second-order valence-electron chi connectivity index (χ2n) is 2.27. The molecule has 0 aromatic heterocycles. The third-order valence-corrected chi connectivity index (χ3v) is 0.813. The van der Waals surface area contributed by atoms with Crippen LogP contribution in [0, 0.1) is 0 Å². The summed E-state index contributed by atoms with van der Waals surface area (Å²) < 4.78 is 0. The fraction of sp³-hybridized carbons (Fsp3) is 0.286. The van der Waals surface area contributed by atoms with E-state index < -0.39 is 0 Å². The maximum absolute atomic E-state index is 8.36. The molecule has 4 nitrogen and oxygen atoms in total. The van der Waals surface area contributed by atoms with Crippen LogP contribution in [0.3, 0.4) is 0 Å². The quantitative estimate of drug-likeness (QED) is 0.481. The van der Waals surface area contributed by atoms with Gasteiger partial charge < -0.3 is 0 Å². The molecule has 0 saturated heterocycles. The highest BCUT2D eigenvalue weighted by Gasteiger charge is 1.92. The van der Waals surface area contributed by atoms with Gasteiger partial charge in [0, 0.05) is 6.20 Å². The molecule has 0 aromatic rings. The van der Waals surface area contributed by atoms with E-state index in [1.54, 1.807) is 6.20 Å². The summed E-state index contributed by atoms with van der Waals surface area (Å²) in [4.78, 5) is 3.74. The van der Waals surface area contributed by atoms with Gasteiger partial charge in [-0.2, -0.15) is 0 Å². The summed E-state index contributed by atoms with van der Waals surface area (Å²) in [6, 6.07) is 0. The van der Waals surface area contributed by atoms with Crippen LogP contribution in [0.2, 0.25) is 0 Å². The zero-order chi connectivity index (χ0) is 8.85. The number of aliphatic imine (C=N–C) groups is 1. The first-order valence-corrected chi connectivity index (χ1v) is 3.07. The second kappa shape index (κ2) is 4.65. The first kappa shape index (κ1) is 9.87. The van der Waals surface area contributed by atoms with Crippen LogP contribution in [0.4, 0.5) is 0 Å². The molecule has 0 aliphatic rings. The Labute approximate surface area is 65.7 Å². The second-order valence-corrected chi connectivity index (χ2v) is 2.27. The molecule has 0 saturated carbocycles. The molecular formula is C7H12N2O2. The maximum Gasteiger partial charge on any atom is 0.105 e. The molecule has 2 N–H and O–H groups in total. The first-order chi connectivity index (χ1) is 5.04. The van der Waals surface area contributed by atoms with Gasteiger partial charge in [0.2, 0.25) is 0 Å². The van der Waals surface area contributed by atoms with E-state index in [1.807, 2.05) is 13.8 Å². The van der Waals surface area contributed by atoms with Gasteiger partial charge in [0.25, 0.3) is 0 Å². The number of allylic oxidation sites excluding steroid dienone is 2. The van der Waals surface area contributed by atoms with E-state index in [9.17, 15) is 0 Å². The molecular weight excluding hydrogens is 144 g/mol. The minimum absolute atomic E-state index is 0.0162. The Balaban J connectivity index is 3.95. The molecule has 11 heavy (non-hydrogen) atoms. The lowest BCUT2D eigenvalue weighted by Crippen LogP contribution is -2.12. The predicted octanol–water partition coefficient (Wildman–Crippen LogP) is 1.57. The number of nitrogens with zero attached hydrogens (tertiary/aromatic N) is 2. The molecule has 62 valence electrons. The van der Waals surface area contributed by atoms with Crippen molar-refractivity contribution >= 4 is 6.21 Å². The Morgan fingerprint density at radius 2 is 2.00 bits per heavy atom. The minimum Gasteiger partial charge on any atom is -0.264 e. The molecule has 0 bridgehead atoms. The number of hydroxylamine groups is 2. The normalized spacial score (nSPS) is 9.82. The van der Waals surface area contributed by atoms with E-state index in [2.05, 4.69) is 11.6 Å². The largest absolute Gasteiger partial charge is 0.264 e. The molecule has 4 heteroatoms. The van der Waals surface area contributed by atoms with E-state index in [0.717, 1.165) is 5.57 Å². The molecule has 0 rings (SSSR count). The third kappa shape index (κ3) is 5.32. The highest BCUT2D eigenvalue weighted by atomic mass is 16.8. The van der Waals surface area contributed by atoms with Crippen LogP contribution in [0.15, 0.2) is 29.0 Å². The smallest absolute Gasteiger partial charge is 0.105 e. The van der Waals surface area contributed by atoms with Crippen molar-refractivity contribution in [2.24, 2.45) is 4.99 Å². The standard InChI is InChI=1S/C7H12N2O2/c1-6(2)4-8-5-7(3)9(10)11/h4-5,10-11H,3H2,1-2H3. The summed E-state index contributed by atoms with van der Waals surface area (Å²) >= 11 is 0. The molecule has 0 unspecified atom stereocenters. The van der Waals surface area contributed by atoms with Gasteiger partial charge in [-0.05, 0) is 13.8 Å². The average Bonchev–Trinajstić information content (AvgIpc) is 1.86. The van der Waals surface area contributed by atoms with Crippen molar-refractivity contribution in [3.63, 3.8) is 0 Å². The van der Waals surface area contributed by atoms with E-state index in [4.69, 9.17) is 10.4 Å². The van der Waals surface area contributed by atoms with Gasteiger partial charge in [-0.25, -0.2) is 0 Å². The zero-order valence-electron chi connectivity index (χ0n) is 6.65. The van der Waals surface area contributed by atoms with E-state index in [0.29, 0.717) is 0 Å². The van der Waals surface area contributed by atoms with E-state index in [1.165, 1.54) is 6.21 Å². The third-order valence-electron chi connectivity index (χ3n) is 0.813. The molecule has 0 spiro atoms. The lowest BCUT2D eigenvalue weighted by molar-refractivity contribution is -0.272. The van der Waals surface area contributed by atoms with Gasteiger partial charge in [-0.3, -0.25) is 15.4 Å². The predicted molar refractivity (Wildman–Crippen MR) is 42.5 cm³/mol. The van der Waals surface area contributed by atoms with E-state index >= 15 is 0 Å². The molecule has 0 fully saturated rings. The van der Waals surface area contributed by atoms with Crippen molar-refractivity contribution in [1.82, 2.24) is 5.23 Å². The Morgan fingerprint density at radius 3 is 2.36 bits per heavy atom. The van der Waals surface area contributed by atoms with Crippen LogP contribution in [-0.2, 0) is 0 Å². The Morgan fingerprint density at radius 1 is 1.45 bits per heavy atom. The van der Waals surface area contributed by atoms with Crippen molar-refractivity contribution in [2.45, 2.75) is 13.8 Å². The van der Waals surface area contributed by atoms with Gasteiger partial charge >= 0.3 is 0 Å². The molecule has 0 radical (unpaired) electrons. The molecule has 0 amide bonds. The highest BCUT2D eigenvalue weighted by Crippen LogP contribution is 1.91. The van der Waals surface area contributed by atoms with Gasteiger partial charge in [0.15, 0.2) is 0 Å². The Kier molecular flexibility index (Phi) is 4.17. The van der Waals surface area contributed by atoms with Crippen LogP contribution >= 0.6 is 0 Å². The minimum atomic E-state index is -0.0810. The van der Waals surface area contributed by atoms with Crippen LogP contribution in [0.25, 0.3) is 0 Å². The van der Waals surface area contributed by atoms with Crippen LogP contribution in [-0.4, -0.2) is 21.9 Å². The lowest BCUT2D eigenvalue weighted by atomic mass is 10.4. The maximum atomic E-state index is 8.36. The molecule has 0 heterocycles. The Bertz CT molecular complexity index is 191. The van der Waals surface area contributed by atoms with Crippen molar-refractivity contribution in [1.29, 1.82) is 0 Å². The zero-order valence-corrected chi connectivity index (χ0v) is 6.65. The van der Waals surface area contributed by atoms with Gasteiger partial charge in [0.05, 0.1) is 6.21 Å². The SMILES string of the molecule is C=C(C=NC=C(C)C)N(O)O. The van der Waals surface area contributed by atoms with Crippen LogP contribution in [0.5, 0.6) is 0 Å². The van der Waals surface area contributed by atoms with Crippen molar-refractivity contribution in [2.75, 3.05) is 0 Å².